The molecular formula is C21H19Cl2N5O2. The summed E-state index contributed by atoms with van der Waals surface area (Å²) in [6, 6.07) is 12.4. The zero-order valence-electron chi connectivity index (χ0n) is 16.0. The molecule has 1 atom stereocenters. The van der Waals surface area contributed by atoms with Crippen LogP contribution in [0.1, 0.15) is 12.8 Å². The number of carbonyl (C=O) groups is 1. The summed E-state index contributed by atoms with van der Waals surface area (Å²) in [5.74, 6) is 0.0618. The van der Waals surface area contributed by atoms with Gasteiger partial charge in [-0.15, -0.1) is 0 Å². The number of halogens is 2. The lowest BCUT2D eigenvalue weighted by molar-refractivity contribution is -0.120. The number of para-hydroxylation sites is 1. The second-order valence-corrected chi connectivity index (χ2v) is 7.85. The minimum absolute atomic E-state index is 0.0919. The summed E-state index contributed by atoms with van der Waals surface area (Å²) < 4.78 is 1.27. The largest absolute Gasteiger partial charge is 0.368 e. The van der Waals surface area contributed by atoms with Gasteiger partial charge in [0.25, 0.3) is 5.56 Å². The second-order valence-electron chi connectivity index (χ2n) is 7.03. The third-order valence-corrected chi connectivity index (χ3v) is 5.59. The first kappa shape index (κ1) is 20.4. The van der Waals surface area contributed by atoms with Crippen LogP contribution in [0.15, 0.2) is 59.7 Å². The van der Waals surface area contributed by atoms with E-state index in [1.54, 1.807) is 30.5 Å². The van der Waals surface area contributed by atoms with Gasteiger partial charge in [-0.25, -0.2) is 4.98 Å². The average Bonchev–Trinajstić information content (AvgIpc) is 2.78. The molecule has 1 unspecified atom stereocenters. The Labute approximate surface area is 183 Å². The summed E-state index contributed by atoms with van der Waals surface area (Å²) >= 11 is 12.2. The smallest absolute Gasteiger partial charge is 0.292 e. The molecule has 1 aromatic carbocycles. The zero-order valence-corrected chi connectivity index (χ0v) is 17.5. The van der Waals surface area contributed by atoms with Gasteiger partial charge in [-0.3, -0.25) is 9.59 Å². The van der Waals surface area contributed by atoms with Crippen molar-refractivity contribution in [2.45, 2.75) is 12.8 Å². The monoisotopic (exact) mass is 443 g/mol. The zero-order chi connectivity index (χ0) is 21.1. The third-order valence-electron chi connectivity index (χ3n) is 5.01. The number of nitrogens with one attached hydrogen (secondary N) is 1. The second kappa shape index (κ2) is 8.85. The molecule has 2 aromatic heterocycles. The molecule has 1 saturated heterocycles. The normalized spacial score (nSPS) is 16.3. The molecule has 1 N–H and O–H groups in total. The maximum absolute atomic E-state index is 12.8. The average molecular weight is 444 g/mol. The van der Waals surface area contributed by atoms with Gasteiger partial charge in [0.1, 0.15) is 10.8 Å². The van der Waals surface area contributed by atoms with Gasteiger partial charge in [-0.1, -0.05) is 41.4 Å². The Morgan fingerprint density at radius 2 is 1.90 bits per heavy atom. The highest BCUT2D eigenvalue weighted by molar-refractivity contribution is 6.33. The number of pyridine rings is 1. The number of hydrogen-bond acceptors (Lipinski definition) is 5. The maximum Gasteiger partial charge on any atom is 0.292 e. The molecule has 1 fully saturated rings. The van der Waals surface area contributed by atoms with Crippen molar-refractivity contribution in [3.8, 4) is 5.69 Å². The van der Waals surface area contributed by atoms with Crippen LogP contribution in [0.4, 0.5) is 11.5 Å². The van der Waals surface area contributed by atoms with Crippen LogP contribution in [-0.4, -0.2) is 33.8 Å². The van der Waals surface area contributed by atoms with Crippen molar-refractivity contribution in [2.24, 2.45) is 5.92 Å². The van der Waals surface area contributed by atoms with Crippen molar-refractivity contribution in [2.75, 3.05) is 23.3 Å². The molecule has 4 rings (SSSR count). The molecule has 1 amide bonds. The lowest BCUT2D eigenvalue weighted by atomic mass is 9.97. The van der Waals surface area contributed by atoms with E-state index in [1.165, 1.54) is 10.9 Å². The van der Waals surface area contributed by atoms with E-state index >= 15 is 0 Å². The quantitative estimate of drug-likeness (QED) is 0.663. The molecule has 1 aliphatic rings. The Bertz CT molecular complexity index is 1100. The minimum atomic E-state index is -0.391. The molecule has 1 aliphatic heterocycles. The van der Waals surface area contributed by atoms with Gasteiger partial charge in [0.2, 0.25) is 5.91 Å². The summed E-state index contributed by atoms with van der Waals surface area (Å²) in [6.45, 7) is 1.13. The summed E-state index contributed by atoms with van der Waals surface area (Å²) in [7, 11) is 0. The lowest BCUT2D eigenvalue weighted by Gasteiger charge is -2.33. The number of aromatic nitrogens is 3. The van der Waals surface area contributed by atoms with Crippen molar-refractivity contribution >= 4 is 40.6 Å². The number of amides is 1. The number of hydrogen-bond donors (Lipinski definition) is 1. The fourth-order valence-corrected chi connectivity index (χ4v) is 3.85. The van der Waals surface area contributed by atoms with Gasteiger partial charge >= 0.3 is 0 Å². The molecular weight excluding hydrogens is 425 g/mol. The van der Waals surface area contributed by atoms with Crippen LogP contribution in [-0.2, 0) is 4.79 Å². The number of anilines is 2. The Kier molecular flexibility index (Phi) is 6.01. The van der Waals surface area contributed by atoms with Crippen molar-refractivity contribution in [1.82, 2.24) is 14.8 Å². The van der Waals surface area contributed by atoms with Crippen molar-refractivity contribution in [1.29, 1.82) is 0 Å². The van der Waals surface area contributed by atoms with Crippen LogP contribution < -0.4 is 15.8 Å². The first-order valence-corrected chi connectivity index (χ1v) is 10.3. The van der Waals surface area contributed by atoms with E-state index in [0.29, 0.717) is 35.3 Å². The van der Waals surface area contributed by atoms with E-state index in [9.17, 15) is 9.59 Å². The van der Waals surface area contributed by atoms with E-state index in [0.717, 1.165) is 12.8 Å². The number of benzene rings is 1. The summed E-state index contributed by atoms with van der Waals surface area (Å²) in [4.78, 5) is 31.5. The van der Waals surface area contributed by atoms with Gasteiger partial charge in [-0.05, 0) is 37.1 Å². The van der Waals surface area contributed by atoms with Crippen molar-refractivity contribution in [3.05, 3.63) is 75.3 Å². The lowest BCUT2D eigenvalue weighted by Crippen LogP contribution is -2.41. The van der Waals surface area contributed by atoms with Gasteiger partial charge in [0.05, 0.1) is 28.5 Å². The molecule has 3 aromatic rings. The summed E-state index contributed by atoms with van der Waals surface area (Å²) in [6.07, 6.45) is 4.60. The molecule has 0 bridgehead atoms. The van der Waals surface area contributed by atoms with Crippen LogP contribution in [0.25, 0.3) is 5.69 Å². The van der Waals surface area contributed by atoms with Crippen LogP contribution in [0.3, 0.4) is 0 Å². The Morgan fingerprint density at radius 1 is 1.10 bits per heavy atom. The van der Waals surface area contributed by atoms with Gasteiger partial charge in [-0.2, -0.15) is 9.78 Å². The molecule has 0 aliphatic carbocycles. The van der Waals surface area contributed by atoms with Crippen LogP contribution >= 0.6 is 23.2 Å². The number of nitrogens with zero attached hydrogens (tertiary/aromatic N) is 4. The van der Waals surface area contributed by atoms with Crippen LogP contribution in [0.5, 0.6) is 0 Å². The molecule has 3 heterocycles. The molecule has 30 heavy (non-hydrogen) atoms. The molecule has 154 valence electrons. The molecule has 0 spiro atoms. The van der Waals surface area contributed by atoms with Crippen molar-refractivity contribution < 1.29 is 4.79 Å². The highest BCUT2D eigenvalue weighted by atomic mass is 35.5. The van der Waals surface area contributed by atoms with Crippen LogP contribution in [0, 0.1) is 5.92 Å². The van der Waals surface area contributed by atoms with Gasteiger partial charge in [0.15, 0.2) is 0 Å². The predicted molar refractivity (Wildman–Crippen MR) is 118 cm³/mol. The molecule has 9 heteroatoms. The number of piperidine rings is 1. The third kappa shape index (κ3) is 4.32. The highest BCUT2D eigenvalue weighted by Gasteiger charge is 2.28. The van der Waals surface area contributed by atoms with Crippen LogP contribution in [0.2, 0.25) is 10.0 Å². The standard InChI is InChI=1S/C21H19Cl2N5O2/c22-15-8-9-18(24-11-15)26-20(29)14-5-4-10-27(13-14)17-12-25-28(21(30)19(17)23)16-6-2-1-3-7-16/h1-3,6-9,11-12,14H,4-5,10,13H2,(H,24,26,29). The first-order chi connectivity index (χ1) is 14.5. The highest BCUT2D eigenvalue weighted by Crippen LogP contribution is 2.28. The molecule has 7 nitrogen and oxygen atoms in total. The molecule has 0 radical (unpaired) electrons. The fourth-order valence-electron chi connectivity index (χ4n) is 3.49. The topological polar surface area (TPSA) is 80.1 Å². The number of rotatable bonds is 4. The van der Waals surface area contributed by atoms with Gasteiger partial charge < -0.3 is 10.2 Å². The van der Waals surface area contributed by atoms with Gasteiger partial charge in [0, 0.05) is 19.3 Å². The van der Waals surface area contributed by atoms with Crippen molar-refractivity contribution in [3.63, 3.8) is 0 Å². The fraction of sp³-hybridized carbons (Fsp3) is 0.238. The maximum atomic E-state index is 12.8. The Balaban J connectivity index is 1.52. The molecule has 0 saturated carbocycles. The Hall–Kier alpha value is -2.90. The van der Waals surface area contributed by atoms with E-state index in [-0.39, 0.29) is 16.8 Å². The first-order valence-electron chi connectivity index (χ1n) is 9.53. The summed E-state index contributed by atoms with van der Waals surface area (Å²) in [5.41, 5.74) is 0.788. The SMILES string of the molecule is O=C(Nc1ccc(Cl)cn1)C1CCCN(c2cnn(-c3ccccc3)c(=O)c2Cl)C1. The van der Waals surface area contributed by atoms with E-state index in [2.05, 4.69) is 15.4 Å². The predicted octanol–water partition coefficient (Wildman–Crippen LogP) is 3.79. The van der Waals surface area contributed by atoms with E-state index < -0.39 is 5.56 Å². The Morgan fingerprint density at radius 3 is 2.63 bits per heavy atom. The summed E-state index contributed by atoms with van der Waals surface area (Å²) in [5, 5.41) is 7.70. The van der Waals surface area contributed by atoms with E-state index in [4.69, 9.17) is 23.2 Å². The number of carbonyl (C=O) groups excluding carboxylic acids is 1. The minimum Gasteiger partial charge on any atom is -0.368 e. The van der Waals surface area contributed by atoms with E-state index in [1.807, 2.05) is 23.1 Å².